The Bertz CT molecular complexity index is 596. The van der Waals surface area contributed by atoms with E-state index in [2.05, 4.69) is 38.6 Å². The van der Waals surface area contributed by atoms with Crippen LogP contribution in [0.3, 0.4) is 0 Å². The number of amides is 1. The number of hydrogen-bond acceptors (Lipinski definition) is 2. The first-order chi connectivity index (χ1) is 9.77. The second-order valence-corrected chi connectivity index (χ2v) is 5.11. The van der Waals surface area contributed by atoms with Crippen LogP contribution in [0.4, 0.5) is 0 Å². The number of carbonyl (C=O) groups is 1. The molecule has 0 aromatic heterocycles. The first kappa shape index (κ1) is 14.5. The minimum atomic E-state index is -0.214. The molecule has 4 heteroatoms. The number of rotatable bonds is 5. The van der Waals surface area contributed by atoms with Gasteiger partial charge in [-0.15, -0.1) is 0 Å². The Hall–Kier alpha value is -1.94. The van der Waals surface area contributed by atoms with Crippen molar-refractivity contribution in [3.8, 4) is 0 Å². The van der Waals surface area contributed by atoms with E-state index in [-0.39, 0.29) is 5.91 Å². The summed E-state index contributed by atoms with van der Waals surface area (Å²) in [7, 11) is 0. The van der Waals surface area contributed by atoms with Crippen molar-refractivity contribution in [1.29, 1.82) is 0 Å². The molecule has 2 aromatic rings. The zero-order valence-corrected chi connectivity index (χ0v) is 12.5. The zero-order valence-electron chi connectivity index (χ0n) is 10.9. The Labute approximate surface area is 126 Å². The SMILES string of the molecule is O=C(N/N=C\CCc1ccccc1)c1ccccc1Br. The zero-order chi connectivity index (χ0) is 14.2. The minimum absolute atomic E-state index is 0.214. The summed E-state index contributed by atoms with van der Waals surface area (Å²) in [6, 6.07) is 17.4. The highest BCUT2D eigenvalue weighted by atomic mass is 79.9. The highest BCUT2D eigenvalue weighted by molar-refractivity contribution is 9.10. The Kier molecular flexibility index (Phi) is 5.50. The quantitative estimate of drug-likeness (QED) is 0.657. The van der Waals surface area contributed by atoms with E-state index in [1.54, 1.807) is 12.3 Å². The van der Waals surface area contributed by atoms with E-state index in [4.69, 9.17) is 0 Å². The molecule has 0 saturated carbocycles. The van der Waals surface area contributed by atoms with Gasteiger partial charge in [-0.2, -0.15) is 5.10 Å². The highest BCUT2D eigenvalue weighted by Crippen LogP contribution is 2.15. The lowest BCUT2D eigenvalue weighted by Gasteiger charge is -2.01. The molecular weight excluding hydrogens is 316 g/mol. The van der Waals surface area contributed by atoms with Crippen molar-refractivity contribution in [3.05, 3.63) is 70.2 Å². The molecule has 0 aliphatic carbocycles. The number of carbonyl (C=O) groups excluding carboxylic acids is 1. The largest absolute Gasteiger partial charge is 0.272 e. The first-order valence-electron chi connectivity index (χ1n) is 6.37. The summed E-state index contributed by atoms with van der Waals surface area (Å²) in [5.41, 5.74) is 4.36. The number of nitrogens with zero attached hydrogens (tertiary/aromatic N) is 1. The van der Waals surface area contributed by atoms with Crippen molar-refractivity contribution in [1.82, 2.24) is 5.43 Å². The molecule has 102 valence electrons. The summed E-state index contributed by atoms with van der Waals surface area (Å²) in [5, 5.41) is 3.96. The lowest BCUT2D eigenvalue weighted by molar-refractivity contribution is 0.0954. The van der Waals surface area contributed by atoms with Crippen LogP contribution in [-0.4, -0.2) is 12.1 Å². The Morgan fingerprint density at radius 3 is 2.55 bits per heavy atom. The van der Waals surface area contributed by atoms with Crippen molar-refractivity contribution in [2.45, 2.75) is 12.8 Å². The average Bonchev–Trinajstić information content (AvgIpc) is 2.48. The molecule has 0 spiro atoms. The molecule has 0 radical (unpaired) electrons. The number of hydrazone groups is 1. The third-order valence-electron chi connectivity index (χ3n) is 2.78. The molecule has 0 unspecified atom stereocenters. The van der Waals surface area contributed by atoms with Crippen LogP contribution in [0, 0.1) is 0 Å². The molecule has 1 amide bonds. The van der Waals surface area contributed by atoms with Crippen LogP contribution in [0.2, 0.25) is 0 Å². The topological polar surface area (TPSA) is 41.5 Å². The maximum Gasteiger partial charge on any atom is 0.272 e. The third-order valence-corrected chi connectivity index (χ3v) is 3.47. The van der Waals surface area contributed by atoms with Gasteiger partial charge >= 0.3 is 0 Å². The summed E-state index contributed by atoms with van der Waals surface area (Å²) in [6.07, 6.45) is 3.43. The van der Waals surface area contributed by atoms with E-state index in [0.29, 0.717) is 5.56 Å². The van der Waals surface area contributed by atoms with Crippen LogP contribution in [0.25, 0.3) is 0 Å². The summed E-state index contributed by atoms with van der Waals surface area (Å²) < 4.78 is 0.761. The molecule has 3 nitrogen and oxygen atoms in total. The fourth-order valence-electron chi connectivity index (χ4n) is 1.75. The molecule has 20 heavy (non-hydrogen) atoms. The number of hydrogen-bond donors (Lipinski definition) is 1. The van der Waals surface area contributed by atoms with Gasteiger partial charge in [-0.1, -0.05) is 42.5 Å². The molecule has 0 heterocycles. The van der Waals surface area contributed by atoms with Crippen molar-refractivity contribution in [2.75, 3.05) is 0 Å². The highest BCUT2D eigenvalue weighted by Gasteiger charge is 2.06. The van der Waals surface area contributed by atoms with Gasteiger partial charge in [0, 0.05) is 10.7 Å². The molecule has 0 atom stereocenters. The van der Waals surface area contributed by atoms with Gasteiger partial charge in [0.1, 0.15) is 0 Å². The van der Waals surface area contributed by atoms with Gasteiger partial charge in [0.2, 0.25) is 0 Å². The Morgan fingerprint density at radius 2 is 1.80 bits per heavy atom. The lowest BCUT2D eigenvalue weighted by atomic mass is 10.1. The predicted octanol–water partition coefficient (Wildman–Crippen LogP) is 3.80. The molecule has 1 N–H and O–H groups in total. The maximum atomic E-state index is 11.8. The van der Waals surface area contributed by atoms with E-state index in [1.807, 2.05) is 36.4 Å². The monoisotopic (exact) mass is 330 g/mol. The van der Waals surface area contributed by atoms with Crippen LogP contribution in [0.15, 0.2) is 64.2 Å². The van der Waals surface area contributed by atoms with Crippen molar-refractivity contribution in [2.24, 2.45) is 5.10 Å². The molecule has 0 saturated heterocycles. The fourth-order valence-corrected chi connectivity index (χ4v) is 2.22. The van der Waals surface area contributed by atoms with Gasteiger partial charge in [-0.05, 0) is 46.5 Å². The first-order valence-corrected chi connectivity index (χ1v) is 7.17. The van der Waals surface area contributed by atoms with Gasteiger partial charge in [0.15, 0.2) is 0 Å². The molecular formula is C16H15BrN2O. The molecule has 0 bridgehead atoms. The summed E-state index contributed by atoms with van der Waals surface area (Å²) in [6.45, 7) is 0. The second-order valence-electron chi connectivity index (χ2n) is 4.26. The van der Waals surface area contributed by atoms with Crippen molar-refractivity contribution < 1.29 is 4.79 Å². The third kappa shape index (κ3) is 4.31. The minimum Gasteiger partial charge on any atom is -0.267 e. The summed E-state index contributed by atoms with van der Waals surface area (Å²) >= 11 is 3.34. The van der Waals surface area contributed by atoms with Gasteiger partial charge in [-0.3, -0.25) is 4.79 Å². The van der Waals surface area contributed by atoms with E-state index in [9.17, 15) is 4.79 Å². The van der Waals surface area contributed by atoms with Gasteiger partial charge in [0.25, 0.3) is 5.91 Å². The molecule has 0 aliphatic heterocycles. The number of benzene rings is 2. The number of halogens is 1. The molecule has 0 aliphatic rings. The van der Waals surface area contributed by atoms with Gasteiger partial charge in [-0.25, -0.2) is 5.43 Å². The van der Waals surface area contributed by atoms with Crippen LogP contribution < -0.4 is 5.43 Å². The van der Waals surface area contributed by atoms with E-state index in [1.165, 1.54) is 5.56 Å². The average molecular weight is 331 g/mol. The van der Waals surface area contributed by atoms with Crippen LogP contribution in [-0.2, 0) is 6.42 Å². The van der Waals surface area contributed by atoms with E-state index < -0.39 is 0 Å². The molecule has 2 aromatic carbocycles. The number of aryl methyl sites for hydroxylation is 1. The smallest absolute Gasteiger partial charge is 0.267 e. The number of nitrogens with one attached hydrogen (secondary N) is 1. The fraction of sp³-hybridized carbons (Fsp3) is 0.125. The Morgan fingerprint density at radius 1 is 1.10 bits per heavy atom. The van der Waals surface area contributed by atoms with E-state index >= 15 is 0 Å². The van der Waals surface area contributed by atoms with Crippen LogP contribution in [0.5, 0.6) is 0 Å². The van der Waals surface area contributed by atoms with Crippen LogP contribution in [0.1, 0.15) is 22.3 Å². The predicted molar refractivity (Wildman–Crippen MR) is 84.9 cm³/mol. The normalized spacial score (nSPS) is 10.7. The van der Waals surface area contributed by atoms with Gasteiger partial charge in [0.05, 0.1) is 5.56 Å². The second kappa shape index (κ2) is 7.60. The standard InChI is InChI=1S/C16H15BrN2O/c17-15-11-5-4-10-14(15)16(20)19-18-12-6-9-13-7-2-1-3-8-13/h1-5,7-8,10-12H,6,9H2,(H,19,20)/b18-12-. The Balaban J connectivity index is 1.79. The van der Waals surface area contributed by atoms with Gasteiger partial charge < -0.3 is 0 Å². The lowest BCUT2D eigenvalue weighted by Crippen LogP contribution is -2.17. The van der Waals surface area contributed by atoms with Crippen molar-refractivity contribution in [3.63, 3.8) is 0 Å². The summed E-state index contributed by atoms with van der Waals surface area (Å²) in [5.74, 6) is -0.214. The maximum absolute atomic E-state index is 11.8. The molecule has 2 rings (SSSR count). The van der Waals surface area contributed by atoms with Crippen molar-refractivity contribution >= 4 is 28.1 Å². The van der Waals surface area contributed by atoms with E-state index in [0.717, 1.165) is 17.3 Å². The molecule has 0 fully saturated rings. The van der Waals surface area contributed by atoms with Crippen LogP contribution >= 0.6 is 15.9 Å². The summed E-state index contributed by atoms with van der Waals surface area (Å²) in [4.78, 5) is 11.8.